The third-order valence-electron chi connectivity index (χ3n) is 2.41. The summed E-state index contributed by atoms with van der Waals surface area (Å²) < 4.78 is 5.77. The minimum atomic E-state index is -0.542. The van der Waals surface area contributed by atoms with Crippen molar-refractivity contribution in [2.75, 3.05) is 20.3 Å². The van der Waals surface area contributed by atoms with Crippen LogP contribution in [0.2, 0.25) is 0 Å². The summed E-state index contributed by atoms with van der Waals surface area (Å²) in [6, 6.07) is 7.67. The Kier molecular flexibility index (Phi) is 7.40. The lowest BCUT2D eigenvalue weighted by Gasteiger charge is -2.08. The van der Waals surface area contributed by atoms with Crippen LogP contribution >= 0.6 is 15.9 Å². The summed E-state index contributed by atoms with van der Waals surface area (Å²) in [6.45, 7) is 0.704. The highest BCUT2D eigenvalue weighted by molar-refractivity contribution is 9.10. The van der Waals surface area contributed by atoms with Gasteiger partial charge in [0, 0.05) is 24.2 Å². The van der Waals surface area contributed by atoms with Crippen LogP contribution in [0.25, 0.3) is 6.08 Å². The molecule has 1 rings (SSSR count). The van der Waals surface area contributed by atoms with E-state index >= 15 is 0 Å². The molecule has 0 aliphatic carbocycles. The smallest absolute Gasteiger partial charge is 0.244 e. The standard InChI is InChI=1S/C14H18BrNO3/c1-19-10-13(17)7-8-16-14(18)6-5-11-3-2-4-12(15)9-11/h2-6,9,13,17H,7-8,10H2,1H3,(H,16,18)/b6-5+. The molecule has 0 bridgehead atoms. The van der Waals surface area contributed by atoms with Crippen molar-refractivity contribution in [2.45, 2.75) is 12.5 Å². The number of amides is 1. The lowest BCUT2D eigenvalue weighted by atomic mass is 10.2. The highest BCUT2D eigenvalue weighted by atomic mass is 79.9. The molecule has 1 atom stereocenters. The first kappa shape index (κ1) is 15.9. The van der Waals surface area contributed by atoms with Crippen LogP contribution in [0.4, 0.5) is 0 Å². The zero-order valence-corrected chi connectivity index (χ0v) is 12.4. The summed E-state index contributed by atoms with van der Waals surface area (Å²) in [6.07, 6.45) is 3.15. The molecule has 0 fully saturated rings. The first-order valence-corrected chi connectivity index (χ1v) is 6.79. The van der Waals surface area contributed by atoms with Gasteiger partial charge in [0.05, 0.1) is 12.7 Å². The van der Waals surface area contributed by atoms with Crippen LogP contribution < -0.4 is 5.32 Å². The fourth-order valence-corrected chi connectivity index (χ4v) is 1.90. The van der Waals surface area contributed by atoms with Gasteiger partial charge in [0.25, 0.3) is 0 Å². The number of halogens is 1. The second-order valence-electron chi connectivity index (χ2n) is 4.08. The summed E-state index contributed by atoms with van der Waals surface area (Å²) in [7, 11) is 1.53. The minimum absolute atomic E-state index is 0.176. The highest BCUT2D eigenvalue weighted by Gasteiger charge is 2.03. The molecular formula is C14H18BrNO3. The molecule has 2 N–H and O–H groups in total. The molecule has 0 saturated heterocycles. The third kappa shape index (κ3) is 7.10. The Hall–Kier alpha value is -1.17. The number of hydrogen-bond donors (Lipinski definition) is 2. The van der Waals surface area contributed by atoms with Crippen LogP contribution in [0.5, 0.6) is 0 Å². The average molecular weight is 328 g/mol. The molecular weight excluding hydrogens is 310 g/mol. The number of ether oxygens (including phenoxy) is 1. The lowest BCUT2D eigenvalue weighted by molar-refractivity contribution is -0.116. The predicted molar refractivity (Wildman–Crippen MR) is 78.7 cm³/mol. The molecule has 0 saturated carbocycles. The molecule has 0 aliphatic heterocycles. The van der Waals surface area contributed by atoms with E-state index in [0.29, 0.717) is 13.0 Å². The molecule has 0 spiro atoms. The summed E-state index contributed by atoms with van der Waals surface area (Å²) in [5.41, 5.74) is 0.948. The van der Waals surface area contributed by atoms with Crippen LogP contribution in [-0.4, -0.2) is 37.4 Å². The predicted octanol–water partition coefficient (Wildman–Crippen LogP) is 1.98. The van der Waals surface area contributed by atoms with E-state index in [2.05, 4.69) is 21.2 Å². The van der Waals surface area contributed by atoms with Gasteiger partial charge in [-0.05, 0) is 30.2 Å². The van der Waals surface area contributed by atoms with E-state index < -0.39 is 6.10 Å². The fourth-order valence-electron chi connectivity index (χ4n) is 1.48. The summed E-state index contributed by atoms with van der Waals surface area (Å²) in [5, 5.41) is 12.1. The minimum Gasteiger partial charge on any atom is -0.391 e. The first-order chi connectivity index (χ1) is 9.11. The fraction of sp³-hybridized carbons (Fsp3) is 0.357. The van der Waals surface area contributed by atoms with E-state index in [1.807, 2.05) is 24.3 Å². The van der Waals surface area contributed by atoms with Crippen molar-refractivity contribution in [3.63, 3.8) is 0 Å². The number of benzene rings is 1. The summed E-state index contributed by atoms with van der Waals surface area (Å²) in [5.74, 6) is -0.176. The lowest BCUT2D eigenvalue weighted by Crippen LogP contribution is -2.27. The summed E-state index contributed by atoms with van der Waals surface area (Å²) >= 11 is 3.37. The number of carbonyl (C=O) groups is 1. The van der Waals surface area contributed by atoms with Crippen LogP contribution in [0, 0.1) is 0 Å². The first-order valence-electron chi connectivity index (χ1n) is 6.00. The van der Waals surface area contributed by atoms with E-state index in [9.17, 15) is 9.90 Å². The zero-order valence-electron chi connectivity index (χ0n) is 10.8. The molecule has 0 radical (unpaired) electrons. The Morgan fingerprint density at radius 1 is 1.58 bits per heavy atom. The van der Waals surface area contributed by atoms with E-state index in [1.54, 1.807) is 6.08 Å². The van der Waals surface area contributed by atoms with Gasteiger partial charge in [-0.15, -0.1) is 0 Å². The molecule has 19 heavy (non-hydrogen) atoms. The molecule has 1 unspecified atom stereocenters. The number of rotatable bonds is 7. The van der Waals surface area contributed by atoms with Gasteiger partial charge in [-0.3, -0.25) is 4.79 Å². The Balaban J connectivity index is 2.31. The van der Waals surface area contributed by atoms with Crippen molar-refractivity contribution in [3.8, 4) is 0 Å². The van der Waals surface area contributed by atoms with Crippen molar-refractivity contribution in [3.05, 3.63) is 40.4 Å². The Bertz CT molecular complexity index is 434. The molecule has 104 valence electrons. The van der Waals surface area contributed by atoms with Gasteiger partial charge in [-0.25, -0.2) is 0 Å². The van der Waals surface area contributed by atoms with Crippen molar-refractivity contribution in [2.24, 2.45) is 0 Å². The zero-order chi connectivity index (χ0) is 14.1. The number of methoxy groups -OCH3 is 1. The number of hydrogen-bond acceptors (Lipinski definition) is 3. The van der Waals surface area contributed by atoms with E-state index in [-0.39, 0.29) is 12.5 Å². The monoisotopic (exact) mass is 327 g/mol. The van der Waals surface area contributed by atoms with Gasteiger partial charge >= 0.3 is 0 Å². The Morgan fingerprint density at radius 2 is 2.37 bits per heavy atom. The highest BCUT2D eigenvalue weighted by Crippen LogP contribution is 2.12. The Labute approximate surface area is 121 Å². The third-order valence-corrected chi connectivity index (χ3v) is 2.90. The van der Waals surface area contributed by atoms with Gasteiger partial charge in [0.1, 0.15) is 0 Å². The Morgan fingerprint density at radius 3 is 3.05 bits per heavy atom. The quantitative estimate of drug-likeness (QED) is 0.753. The normalized spacial score (nSPS) is 12.6. The molecule has 0 aromatic heterocycles. The maximum Gasteiger partial charge on any atom is 0.244 e. The van der Waals surface area contributed by atoms with Gasteiger partial charge < -0.3 is 15.2 Å². The van der Waals surface area contributed by atoms with E-state index in [0.717, 1.165) is 10.0 Å². The topological polar surface area (TPSA) is 58.6 Å². The van der Waals surface area contributed by atoms with E-state index in [1.165, 1.54) is 13.2 Å². The van der Waals surface area contributed by atoms with Gasteiger partial charge in [-0.2, -0.15) is 0 Å². The number of aliphatic hydroxyl groups excluding tert-OH is 1. The molecule has 4 nitrogen and oxygen atoms in total. The molecule has 5 heteroatoms. The van der Waals surface area contributed by atoms with Crippen molar-refractivity contribution in [1.82, 2.24) is 5.32 Å². The van der Waals surface area contributed by atoms with E-state index in [4.69, 9.17) is 4.74 Å². The van der Waals surface area contributed by atoms with Crippen LogP contribution in [0.1, 0.15) is 12.0 Å². The van der Waals surface area contributed by atoms with Crippen molar-refractivity contribution < 1.29 is 14.6 Å². The molecule has 0 aliphatic rings. The van der Waals surface area contributed by atoms with Crippen LogP contribution in [0.3, 0.4) is 0 Å². The molecule has 1 amide bonds. The van der Waals surface area contributed by atoms with Gasteiger partial charge in [0.2, 0.25) is 5.91 Å². The van der Waals surface area contributed by atoms with Crippen molar-refractivity contribution >= 4 is 27.9 Å². The molecule has 1 aromatic rings. The van der Waals surface area contributed by atoms with Crippen LogP contribution in [-0.2, 0) is 9.53 Å². The maximum atomic E-state index is 11.5. The number of carbonyl (C=O) groups excluding carboxylic acids is 1. The summed E-state index contributed by atoms with van der Waals surface area (Å²) in [4.78, 5) is 11.5. The SMILES string of the molecule is COCC(O)CCNC(=O)/C=C/c1cccc(Br)c1. The largest absolute Gasteiger partial charge is 0.391 e. The second kappa shape index (κ2) is 8.85. The van der Waals surface area contributed by atoms with Crippen LogP contribution in [0.15, 0.2) is 34.8 Å². The molecule has 0 heterocycles. The van der Waals surface area contributed by atoms with Gasteiger partial charge in [-0.1, -0.05) is 28.1 Å². The number of nitrogens with one attached hydrogen (secondary N) is 1. The van der Waals surface area contributed by atoms with Gasteiger partial charge in [0.15, 0.2) is 0 Å². The molecule has 1 aromatic carbocycles. The average Bonchev–Trinajstić information content (AvgIpc) is 2.37. The second-order valence-corrected chi connectivity index (χ2v) is 4.99. The maximum absolute atomic E-state index is 11.5. The number of aliphatic hydroxyl groups is 1. The van der Waals surface area contributed by atoms with Crippen molar-refractivity contribution in [1.29, 1.82) is 0 Å².